The van der Waals surface area contributed by atoms with Gasteiger partial charge in [-0.15, -0.1) is 0 Å². The Balaban J connectivity index is 0.816. The Hall–Kier alpha value is -3.76. The van der Waals surface area contributed by atoms with E-state index in [4.69, 9.17) is 18.9 Å². The number of carbonyl (C=O) groups excluding carboxylic acids is 4. The lowest BCUT2D eigenvalue weighted by Crippen LogP contribution is -2.36. The minimum absolute atomic E-state index is 0.0411. The second-order valence-electron chi connectivity index (χ2n) is 12.7. The van der Waals surface area contributed by atoms with Crippen LogP contribution < -0.4 is 30.3 Å². The van der Waals surface area contributed by atoms with E-state index < -0.39 is 17.7 Å². The van der Waals surface area contributed by atoms with Crippen molar-refractivity contribution in [1.82, 2.24) is 16.0 Å². The number of hydrogen-bond acceptors (Lipinski definition) is 12. The van der Waals surface area contributed by atoms with Gasteiger partial charge < -0.3 is 39.8 Å². The molecule has 0 saturated carbocycles. The molecule has 5 aliphatic heterocycles. The second-order valence-corrected chi connectivity index (χ2v) is 16.6. The number of esters is 2. The largest absolute Gasteiger partial charge is 0.464 e. The standard InChI is InChI=1S/C35H39FN4O8S3/c36-21-5-3-4-20(14-21)31-22-15-26-27(48-19-47-26)16-24(22)40(25-17-46-34(43)32(25)31)10-11-45-30(42)8-12-50-51-13-9-37-29(41)7-2-1-6-28-33-23(18-49-28)38-35(44)39-33/h3-5,14-16,23,28,31,33H,1-2,6-13,17-19H2,(H,37,41)(H2,38,39,44)/t23-,28-,31?,33-/m0/s1. The highest BCUT2D eigenvalue weighted by atomic mass is 33.1. The Bertz CT molecular complexity index is 1710. The molecule has 2 saturated heterocycles. The number of anilines is 1. The van der Waals surface area contributed by atoms with Gasteiger partial charge in [0.05, 0.1) is 36.3 Å². The lowest BCUT2D eigenvalue weighted by Gasteiger charge is -2.35. The number of halogens is 1. The van der Waals surface area contributed by atoms with Gasteiger partial charge >= 0.3 is 18.0 Å². The first-order valence-electron chi connectivity index (χ1n) is 17.1. The van der Waals surface area contributed by atoms with Crippen LogP contribution in [0.2, 0.25) is 0 Å². The van der Waals surface area contributed by atoms with E-state index >= 15 is 0 Å². The highest BCUT2D eigenvalue weighted by Crippen LogP contribution is 2.51. The molecular weight excluding hydrogens is 720 g/mol. The normalized spacial score (nSPS) is 22.6. The van der Waals surface area contributed by atoms with E-state index in [1.165, 1.54) is 12.1 Å². The van der Waals surface area contributed by atoms with Gasteiger partial charge in [-0.05, 0) is 42.2 Å². The molecule has 0 radical (unpaired) electrons. The van der Waals surface area contributed by atoms with E-state index in [1.807, 2.05) is 28.8 Å². The molecule has 5 heterocycles. The fourth-order valence-corrected chi connectivity index (χ4v) is 10.5. The fourth-order valence-electron chi connectivity index (χ4n) is 7.08. The number of ether oxygens (including phenoxy) is 4. The van der Waals surface area contributed by atoms with Crippen LogP contribution in [0.15, 0.2) is 47.7 Å². The molecule has 1 unspecified atom stereocenters. The van der Waals surface area contributed by atoms with Gasteiger partial charge in [-0.25, -0.2) is 14.0 Å². The zero-order chi connectivity index (χ0) is 35.3. The maximum atomic E-state index is 14.3. The van der Waals surface area contributed by atoms with Crippen molar-refractivity contribution in [2.75, 3.05) is 55.3 Å². The number of carbonyl (C=O) groups is 4. The van der Waals surface area contributed by atoms with Gasteiger partial charge in [0.2, 0.25) is 12.7 Å². The summed E-state index contributed by atoms with van der Waals surface area (Å²) in [5, 5.41) is 9.32. The molecule has 272 valence electrons. The van der Waals surface area contributed by atoms with Crippen molar-refractivity contribution in [3.8, 4) is 11.5 Å². The van der Waals surface area contributed by atoms with Gasteiger partial charge in [0.25, 0.3) is 0 Å². The summed E-state index contributed by atoms with van der Waals surface area (Å²) in [7, 11) is 3.15. The van der Waals surface area contributed by atoms with Crippen molar-refractivity contribution < 1.29 is 42.5 Å². The molecule has 2 fully saturated rings. The van der Waals surface area contributed by atoms with Crippen LogP contribution >= 0.6 is 33.3 Å². The first-order valence-corrected chi connectivity index (χ1v) is 20.6. The molecule has 0 spiro atoms. The lowest BCUT2D eigenvalue weighted by atomic mass is 9.80. The number of fused-ring (bicyclic) bond motifs is 3. The van der Waals surface area contributed by atoms with Gasteiger partial charge in [0, 0.05) is 53.1 Å². The molecule has 0 aromatic heterocycles. The van der Waals surface area contributed by atoms with E-state index in [1.54, 1.807) is 33.7 Å². The Kier molecular flexibility index (Phi) is 11.4. The average molecular weight is 759 g/mol. The van der Waals surface area contributed by atoms with Crippen LogP contribution in [-0.2, 0) is 23.9 Å². The summed E-state index contributed by atoms with van der Waals surface area (Å²) < 4.78 is 36.7. The van der Waals surface area contributed by atoms with Gasteiger partial charge in [0.15, 0.2) is 11.5 Å². The number of rotatable bonds is 16. The number of hydrogen-bond donors (Lipinski definition) is 3. The molecule has 0 bridgehead atoms. The second kappa shape index (κ2) is 16.3. The number of urea groups is 1. The van der Waals surface area contributed by atoms with Gasteiger partial charge in [-0.2, -0.15) is 11.8 Å². The van der Waals surface area contributed by atoms with Crippen LogP contribution in [0.5, 0.6) is 11.5 Å². The van der Waals surface area contributed by atoms with Crippen LogP contribution in [-0.4, -0.2) is 91.6 Å². The highest BCUT2D eigenvalue weighted by Gasteiger charge is 2.44. The van der Waals surface area contributed by atoms with Crippen molar-refractivity contribution in [2.24, 2.45) is 0 Å². The number of nitrogens with zero attached hydrogens (tertiary/aromatic N) is 1. The van der Waals surface area contributed by atoms with Gasteiger partial charge in [0.1, 0.15) is 19.0 Å². The highest BCUT2D eigenvalue weighted by molar-refractivity contribution is 8.76. The molecule has 0 aliphatic carbocycles. The van der Waals surface area contributed by atoms with E-state index in [0.717, 1.165) is 42.0 Å². The van der Waals surface area contributed by atoms with E-state index in [0.29, 0.717) is 52.3 Å². The molecule has 12 nitrogen and oxygen atoms in total. The molecule has 3 N–H and O–H groups in total. The summed E-state index contributed by atoms with van der Waals surface area (Å²) in [6.45, 7) is 1.05. The van der Waals surface area contributed by atoms with E-state index in [2.05, 4.69) is 16.0 Å². The first-order chi connectivity index (χ1) is 24.9. The lowest BCUT2D eigenvalue weighted by molar-refractivity contribution is -0.142. The van der Waals surface area contributed by atoms with E-state index in [-0.39, 0.29) is 63.0 Å². The van der Waals surface area contributed by atoms with E-state index in [9.17, 15) is 23.6 Å². The maximum Gasteiger partial charge on any atom is 0.337 e. The molecule has 2 aromatic carbocycles. The smallest absolute Gasteiger partial charge is 0.337 e. The Morgan fingerprint density at radius 2 is 1.88 bits per heavy atom. The summed E-state index contributed by atoms with van der Waals surface area (Å²) in [6.07, 6.45) is 3.48. The maximum absolute atomic E-state index is 14.3. The SMILES string of the molecule is O=C(CCCC[C@@H]1SC[C@@H]2NC(=O)N[C@@H]21)NCCSSCCC(=O)OCCN1C2=C(C(=O)OC2)C(c2cccc(F)c2)c2cc3c(cc21)OCO3. The summed E-state index contributed by atoms with van der Waals surface area (Å²) in [5.74, 6) is 1.61. The third-order valence-electron chi connectivity index (χ3n) is 9.43. The minimum atomic E-state index is -0.562. The van der Waals surface area contributed by atoms with Crippen molar-refractivity contribution in [2.45, 2.75) is 55.4 Å². The third kappa shape index (κ3) is 8.17. The predicted molar refractivity (Wildman–Crippen MR) is 194 cm³/mol. The fraction of sp³-hybridized carbons (Fsp3) is 0.486. The predicted octanol–water partition coefficient (Wildman–Crippen LogP) is 4.47. The summed E-state index contributed by atoms with van der Waals surface area (Å²) in [6, 6.07) is 10.2. The Labute approximate surface area is 307 Å². The monoisotopic (exact) mass is 758 g/mol. The zero-order valence-corrected chi connectivity index (χ0v) is 30.2. The Morgan fingerprint density at radius 1 is 1.04 bits per heavy atom. The van der Waals surface area contributed by atoms with Gasteiger partial charge in [-0.1, -0.05) is 40.1 Å². The van der Waals surface area contributed by atoms with Gasteiger partial charge in [-0.3, -0.25) is 9.59 Å². The number of thioether (sulfide) groups is 1. The number of cyclic esters (lactones) is 1. The van der Waals surface area contributed by atoms with Crippen LogP contribution in [0.3, 0.4) is 0 Å². The molecule has 5 aliphatic rings. The average Bonchev–Trinajstić information content (AvgIpc) is 3.90. The molecular formula is C35H39FN4O8S3. The summed E-state index contributed by atoms with van der Waals surface area (Å²) in [5.41, 5.74) is 3.19. The first kappa shape index (κ1) is 35.6. The summed E-state index contributed by atoms with van der Waals surface area (Å²) >= 11 is 1.89. The number of amides is 3. The minimum Gasteiger partial charge on any atom is -0.464 e. The molecule has 7 rings (SSSR count). The van der Waals surface area contributed by atoms with Crippen LogP contribution in [0.25, 0.3) is 0 Å². The molecule has 51 heavy (non-hydrogen) atoms. The number of nitrogens with one attached hydrogen (secondary N) is 3. The third-order valence-corrected chi connectivity index (χ3v) is 13.3. The number of benzene rings is 2. The molecule has 4 atom stereocenters. The number of unbranched alkanes of at least 4 members (excludes halogenated alkanes) is 1. The zero-order valence-electron chi connectivity index (χ0n) is 27.8. The van der Waals surface area contributed by atoms with Crippen molar-refractivity contribution in [3.63, 3.8) is 0 Å². The quantitative estimate of drug-likeness (QED) is 0.0962. The van der Waals surface area contributed by atoms with Crippen molar-refractivity contribution >= 4 is 62.9 Å². The topological polar surface area (TPSA) is 145 Å². The van der Waals surface area contributed by atoms with Crippen LogP contribution in [0, 0.1) is 5.82 Å². The Morgan fingerprint density at radius 3 is 2.75 bits per heavy atom. The van der Waals surface area contributed by atoms with Crippen molar-refractivity contribution in [3.05, 3.63) is 64.6 Å². The summed E-state index contributed by atoms with van der Waals surface area (Å²) in [4.78, 5) is 51.3. The van der Waals surface area contributed by atoms with Crippen LogP contribution in [0.1, 0.15) is 49.1 Å². The molecule has 3 amide bonds. The van der Waals surface area contributed by atoms with Crippen molar-refractivity contribution in [1.29, 1.82) is 0 Å². The molecule has 2 aromatic rings. The molecule has 16 heteroatoms. The van der Waals surface area contributed by atoms with Crippen LogP contribution in [0.4, 0.5) is 14.9 Å².